The van der Waals surface area contributed by atoms with E-state index in [1.807, 2.05) is 0 Å². The molecule has 80 valence electrons. The first-order valence-electron chi connectivity index (χ1n) is 3.97. The van der Waals surface area contributed by atoms with Gasteiger partial charge in [-0.05, 0) is 33.6 Å². The number of aliphatic hydroxyl groups is 2. The minimum Gasteiger partial charge on any atom is -0.390 e. The van der Waals surface area contributed by atoms with E-state index in [0.29, 0.717) is 6.92 Å². The Kier molecular flexibility index (Phi) is 3.38. The van der Waals surface area contributed by atoms with E-state index in [2.05, 4.69) is 0 Å². The summed E-state index contributed by atoms with van der Waals surface area (Å²) in [4.78, 5) is 0. The summed E-state index contributed by atoms with van der Waals surface area (Å²) in [7, 11) is 0. The predicted octanol–water partition coefficient (Wildman–Crippen LogP) is 1.85. The maximum Gasteiger partial charge on any atom is 0.416 e. The van der Waals surface area contributed by atoms with Gasteiger partial charge in [-0.15, -0.1) is 0 Å². The molecule has 0 aliphatic carbocycles. The van der Waals surface area contributed by atoms with E-state index in [1.54, 1.807) is 0 Å². The molecule has 0 aromatic carbocycles. The van der Waals surface area contributed by atoms with Crippen LogP contribution >= 0.6 is 0 Å². The molecule has 0 rings (SSSR count). The van der Waals surface area contributed by atoms with Crippen molar-refractivity contribution in [2.45, 2.75) is 51.0 Å². The molecule has 5 heteroatoms. The SMILES string of the molecule is CC(C)(O)CCC(C)(O)C(F)(F)F. The largest absolute Gasteiger partial charge is 0.416 e. The molecule has 2 nitrogen and oxygen atoms in total. The fourth-order valence-electron chi connectivity index (χ4n) is 0.691. The summed E-state index contributed by atoms with van der Waals surface area (Å²) in [5, 5.41) is 18.1. The Balaban J connectivity index is 4.21. The molecule has 1 atom stereocenters. The summed E-state index contributed by atoms with van der Waals surface area (Å²) < 4.78 is 36.2. The van der Waals surface area contributed by atoms with Crippen molar-refractivity contribution in [3.05, 3.63) is 0 Å². The van der Waals surface area contributed by atoms with Crippen LogP contribution in [0.15, 0.2) is 0 Å². The topological polar surface area (TPSA) is 40.5 Å². The summed E-state index contributed by atoms with van der Waals surface area (Å²) in [6.07, 6.45) is -5.24. The Labute approximate surface area is 75.4 Å². The quantitative estimate of drug-likeness (QED) is 0.729. The highest BCUT2D eigenvalue weighted by molar-refractivity contribution is 4.83. The summed E-state index contributed by atoms with van der Waals surface area (Å²) in [6.45, 7) is 3.51. The lowest BCUT2D eigenvalue weighted by Gasteiger charge is -2.28. The standard InChI is InChI=1S/C8H15F3O2/c1-6(2,12)4-5-7(3,13)8(9,10)11/h12-13H,4-5H2,1-3H3. The van der Waals surface area contributed by atoms with Crippen molar-refractivity contribution < 1.29 is 23.4 Å². The van der Waals surface area contributed by atoms with Crippen LogP contribution in [0.3, 0.4) is 0 Å². The smallest absolute Gasteiger partial charge is 0.390 e. The summed E-state index contributed by atoms with van der Waals surface area (Å²) >= 11 is 0. The highest BCUT2D eigenvalue weighted by atomic mass is 19.4. The number of hydrogen-bond acceptors (Lipinski definition) is 2. The van der Waals surface area contributed by atoms with Gasteiger partial charge in [0.1, 0.15) is 0 Å². The van der Waals surface area contributed by atoms with Gasteiger partial charge in [0.05, 0.1) is 5.60 Å². The summed E-state index contributed by atoms with van der Waals surface area (Å²) in [5.41, 5.74) is -3.90. The number of rotatable bonds is 3. The molecule has 0 amide bonds. The van der Waals surface area contributed by atoms with Crippen molar-refractivity contribution in [3.8, 4) is 0 Å². The third kappa shape index (κ3) is 4.47. The van der Waals surface area contributed by atoms with Crippen molar-refractivity contribution in [1.29, 1.82) is 0 Å². The normalized spacial score (nSPS) is 18.5. The van der Waals surface area contributed by atoms with Crippen LogP contribution in [0.5, 0.6) is 0 Å². The van der Waals surface area contributed by atoms with E-state index in [0.717, 1.165) is 0 Å². The average Bonchev–Trinajstić information content (AvgIpc) is 1.79. The minimum atomic E-state index is -4.64. The zero-order valence-electron chi connectivity index (χ0n) is 7.94. The molecule has 0 spiro atoms. The summed E-state index contributed by atoms with van der Waals surface area (Å²) in [6, 6.07) is 0. The maximum absolute atomic E-state index is 12.1. The lowest BCUT2D eigenvalue weighted by Crippen LogP contribution is -2.43. The first kappa shape index (κ1) is 12.7. The van der Waals surface area contributed by atoms with Crippen LogP contribution in [0.25, 0.3) is 0 Å². The molecule has 13 heavy (non-hydrogen) atoms. The van der Waals surface area contributed by atoms with Gasteiger partial charge in [0, 0.05) is 0 Å². The molecule has 0 heterocycles. The van der Waals surface area contributed by atoms with Crippen molar-refractivity contribution >= 4 is 0 Å². The van der Waals surface area contributed by atoms with Gasteiger partial charge in [0.25, 0.3) is 0 Å². The van der Waals surface area contributed by atoms with Crippen LogP contribution in [0.2, 0.25) is 0 Å². The van der Waals surface area contributed by atoms with E-state index >= 15 is 0 Å². The lowest BCUT2D eigenvalue weighted by molar-refractivity contribution is -0.257. The van der Waals surface area contributed by atoms with Gasteiger partial charge < -0.3 is 10.2 Å². The molecule has 0 aliphatic heterocycles. The molecule has 1 unspecified atom stereocenters. The zero-order chi connectivity index (χ0) is 10.9. The number of hydrogen-bond donors (Lipinski definition) is 2. The molecule has 0 radical (unpaired) electrons. The lowest BCUT2D eigenvalue weighted by atomic mass is 9.92. The average molecular weight is 200 g/mol. The predicted molar refractivity (Wildman–Crippen MR) is 42.2 cm³/mol. The molecule has 0 fully saturated rings. The van der Waals surface area contributed by atoms with Gasteiger partial charge in [0.2, 0.25) is 0 Å². The van der Waals surface area contributed by atoms with E-state index in [1.165, 1.54) is 13.8 Å². The van der Waals surface area contributed by atoms with Crippen LogP contribution in [-0.4, -0.2) is 27.6 Å². The van der Waals surface area contributed by atoms with Gasteiger partial charge in [0.15, 0.2) is 5.60 Å². The molecular formula is C8H15F3O2. The fourth-order valence-corrected chi connectivity index (χ4v) is 0.691. The van der Waals surface area contributed by atoms with Gasteiger partial charge in [-0.3, -0.25) is 0 Å². The molecule has 0 saturated carbocycles. The Morgan fingerprint density at radius 1 is 0.923 bits per heavy atom. The van der Waals surface area contributed by atoms with Crippen molar-refractivity contribution in [2.75, 3.05) is 0 Å². The fraction of sp³-hybridized carbons (Fsp3) is 1.00. The molecule has 2 N–H and O–H groups in total. The van der Waals surface area contributed by atoms with Crippen molar-refractivity contribution in [1.82, 2.24) is 0 Å². The van der Waals surface area contributed by atoms with E-state index < -0.39 is 23.8 Å². The maximum atomic E-state index is 12.1. The van der Waals surface area contributed by atoms with Gasteiger partial charge in [-0.25, -0.2) is 0 Å². The first-order valence-corrected chi connectivity index (χ1v) is 3.97. The highest BCUT2D eigenvalue weighted by Gasteiger charge is 2.49. The van der Waals surface area contributed by atoms with Crippen LogP contribution < -0.4 is 0 Å². The number of halogens is 3. The van der Waals surface area contributed by atoms with Crippen LogP contribution in [-0.2, 0) is 0 Å². The molecule has 0 saturated heterocycles. The summed E-state index contributed by atoms with van der Waals surface area (Å²) in [5.74, 6) is 0. The molecular weight excluding hydrogens is 185 g/mol. The second kappa shape index (κ2) is 3.46. The second-order valence-corrected chi connectivity index (χ2v) is 4.08. The zero-order valence-corrected chi connectivity index (χ0v) is 7.94. The van der Waals surface area contributed by atoms with Gasteiger partial charge >= 0.3 is 6.18 Å². The van der Waals surface area contributed by atoms with Gasteiger partial charge in [-0.2, -0.15) is 13.2 Å². The number of alkyl halides is 3. The Morgan fingerprint density at radius 2 is 1.31 bits per heavy atom. The minimum absolute atomic E-state index is 0.0977. The van der Waals surface area contributed by atoms with E-state index in [9.17, 15) is 13.2 Å². The Morgan fingerprint density at radius 3 is 1.54 bits per heavy atom. The third-order valence-electron chi connectivity index (χ3n) is 1.83. The van der Waals surface area contributed by atoms with Gasteiger partial charge in [-0.1, -0.05) is 0 Å². The third-order valence-corrected chi connectivity index (χ3v) is 1.83. The second-order valence-electron chi connectivity index (χ2n) is 4.08. The van der Waals surface area contributed by atoms with E-state index in [-0.39, 0.29) is 6.42 Å². The van der Waals surface area contributed by atoms with Crippen LogP contribution in [0.4, 0.5) is 13.2 Å². The Hall–Kier alpha value is -0.290. The van der Waals surface area contributed by atoms with Crippen LogP contribution in [0.1, 0.15) is 33.6 Å². The van der Waals surface area contributed by atoms with Crippen molar-refractivity contribution in [2.24, 2.45) is 0 Å². The van der Waals surface area contributed by atoms with E-state index in [4.69, 9.17) is 10.2 Å². The monoisotopic (exact) mass is 200 g/mol. The Bertz CT molecular complexity index is 167. The van der Waals surface area contributed by atoms with Crippen LogP contribution in [0, 0.1) is 0 Å². The van der Waals surface area contributed by atoms with Crippen molar-refractivity contribution in [3.63, 3.8) is 0 Å². The molecule has 0 aromatic rings. The molecule has 0 aliphatic rings. The first-order chi connectivity index (χ1) is 5.46. The highest BCUT2D eigenvalue weighted by Crippen LogP contribution is 2.34. The molecule has 0 aromatic heterocycles. The molecule has 0 bridgehead atoms.